The van der Waals surface area contributed by atoms with Gasteiger partial charge < -0.3 is 14.4 Å². The van der Waals surface area contributed by atoms with E-state index in [2.05, 4.69) is 16.0 Å². The average Bonchev–Trinajstić information content (AvgIpc) is 3.68. The third-order valence-electron chi connectivity index (χ3n) is 7.71. The van der Waals surface area contributed by atoms with Crippen LogP contribution >= 0.6 is 11.3 Å². The number of Topliss-reactive ketones (excluding diaryl/α,β-unsaturated/α-hetero) is 1. The van der Waals surface area contributed by atoms with Gasteiger partial charge in [0.25, 0.3) is 0 Å². The van der Waals surface area contributed by atoms with Crippen LogP contribution in [-0.2, 0) is 22.5 Å². The molecule has 0 bridgehead atoms. The van der Waals surface area contributed by atoms with Crippen molar-refractivity contribution < 1.29 is 23.5 Å². The van der Waals surface area contributed by atoms with Gasteiger partial charge in [0.15, 0.2) is 11.6 Å². The smallest absolute Gasteiger partial charge is 0.410 e. The number of carbonyl (C=O) groups excluding carboxylic acids is 2. The Hall–Kier alpha value is -3.89. The molecule has 1 saturated carbocycles. The Morgan fingerprint density at radius 3 is 2.43 bits per heavy atom. The number of amides is 1. The normalized spacial score (nSPS) is 15.9. The minimum absolute atomic E-state index is 0.111. The standard InChI is InChI=1S/C34H37FN4O4S/c1-34(2,3)43-33(41)39-14-12-38(13-15-39)21-24-6-8-27(37-20-24)31-19-28-32(44-31)30(10-11-36-28)42-29-9-7-23(18-26(29)35)17-25(40)16-22-4-5-22/h6-11,18-20,22H,4-5,12-17,21H2,1-3H3. The third kappa shape index (κ3) is 7.60. The van der Waals surface area contributed by atoms with Gasteiger partial charge in [0.05, 0.1) is 20.8 Å². The summed E-state index contributed by atoms with van der Waals surface area (Å²) in [5.74, 6) is 0.812. The molecule has 44 heavy (non-hydrogen) atoms. The van der Waals surface area contributed by atoms with E-state index >= 15 is 0 Å². The van der Waals surface area contributed by atoms with Crippen LogP contribution in [0.4, 0.5) is 9.18 Å². The molecule has 1 aromatic carbocycles. The van der Waals surface area contributed by atoms with Crippen LogP contribution in [0.2, 0.25) is 0 Å². The number of fused-ring (bicyclic) bond motifs is 1. The molecule has 4 aromatic rings. The molecule has 1 aliphatic heterocycles. The van der Waals surface area contributed by atoms with Gasteiger partial charge in [-0.3, -0.25) is 19.7 Å². The summed E-state index contributed by atoms with van der Waals surface area (Å²) >= 11 is 1.50. The number of pyridine rings is 2. The zero-order valence-corrected chi connectivity index (χ0v) is 26.2. The fraction of sp³-hybridized carbons (Fsp3) is 0.412. The lowest BCUT2D eigenvalue weighted by molar-refractivity contribution is -0.118. The zero-order valence-electron chi connectivity index (χ0n) is 25.3. The number of piperazine rings is 1. The van der Waals surface area contributed by atoms with Crippen LogP contribution in [0.15, 0.2) is 54.9 Å². The van der Waals surface area contributed by atoms with Gasteiger partial charge in [0.1, 0.15) is 17.1 Å². The number of ether oxygens (including phenoxy) is 2. The quantitative estimate of drug-likeness (QED) is 0.196. The molecule has 10 heteroatoms. The predicted octanol–water partition coefficient (Wildman–Crippen LogP) is 7.25. The number of hydrogen-bond donors (Lipinski definition) is 0. The first-order valence-electron chi connectivity index (χ1n) is 15.1. The molecule has 6 rings (SSSR count). The molecule has 1 amide bonds. The minimum Gasteiger partial charge on any atom is -0.453 e. The molecule has 4 heterocycles. The fourth-order valence-electron chi connectivity index (χ4n) is 5.26. The second-order valence-electron chi connectivity index (χ2n) is 12.7. The first-order valence-corrected chi connectivity index (χ1v) is 15.9. The molecular weight excluding hydrogens is 579 g/mol. The Morgan fingerprint density at radius 2 is 1.75 bits per heavy atom. The summed E-state index contributed by atoms with van der Waals surface area (Å²) in [6, 6.07) is 12.5. The van der Waals surface area contributed by atoms with Gasteiger partial charge in [0, 0.05) is 64.0 Å². The number of benzene rings is 1. The van der Waals surface area contributed by atoms with E-state index in [1.165, 1.54) is 17.4 Å². The number of hydrogen-bond acceptors (Lipinski definition) is 8. The largest absolute Gasteiger partial charge is 0.453 e. The van der Waals surface area contributed by atoms with E-state index in [-0.39, 0.29) is 24.0 Å². The van der Waals surface area contributed by atoms with Gasteiger partial charge in [-0.1, -0.05) is 12.1 Å². The van der Waals surface area contributed by atoms with Crippen LogP contribution in [0, 0.1) is 11.7 Å². The maximum atomic E-state index is 15.0. The molecule has 2 aliphatic rings. The second kappa shape index (κ2) is 12.6. The Morgan fingerprint density at radius 1 is 0.977 bits per heavy atom. The molecule has 1 aliphatic carbocycles. The molecular formula is C34H37FN4O4S. The van der Waals surface area contributed by atoms with Gasteiger partial charge in [0.2, 0.25) is 0 Å². The Labute approximate surface area is 260 Å². The predicted molar refractivity (Wildman–Crippen MR) is 168 cm³/mol. The fourth-order valence-corrected chi connectivity index (χ4v) is 6.30. The summed E-state index contributed by atoms with van der Waals surface area (Å²) in [4.78, 5) is 38.8. The Balaban J connectivity index is 1.08. The molecule has 3 aromatic heterocycles. The number of nitrogens with zero attached hydrogens (tertiary/aromatic N) is 4. The molecule has 0 atom stereocenters. The van der Waals surface area contributed by atoms with Crippen LogP contribution in [0.1, 0.15) is 51.2 Å². The molecule has 0 spiro atoms. The SMILES string of the molecule is CC(C)(C)OC(=O)N1CCN(Cc2ccc(-c3cc4nccc(Oc5ccc(CC(=O)CC6CC6)cc5F)c4s3)nc2)CC1. The van der Waals surface area contributed by atoms with Crippen molar-refractivity contribution in [2.45, 2.75) is 58.6 Å². The first kappa shape index (κ1) is 30.1. The first-order chi connectivity index (χ1) is 21.1. The summed E-state index contributed by atoms with van der Waals surface area (Å²) in [5.41, 5.74) is 2.83. The van der Waals surface area contributed by atoms with Crippen molar-refractivity contribution in [3.8, 4) is 22.1 Å². The van der Waals surface area contributed by atoms with E-state index in [1.54, 1.807) is 29.3 Å². The van der Waals surface area contributed by atoms with Crippen molar-refractivity contribution in [2.75, 3.05) is 26.2 Å². The van der Waals surface area contributed by atoms with E-state index < -0.39 is 11.4 Å². The second-order valence-corrected chi connectivity index (χ2v) is 13.7. The van der Waals surface area contributed by atoms with Crippen molar-refractivity contribution >= 4 is 33.4 Å². The van der Waals surface area contributed by atoms with Crippen LogP contribution in [0.3, 0.4) is 0 Å². The van der Waals surface area contributed by atoms with Crippen LogP contribution in [0.5, 0.6) is 11.5 Å². The lowest BCUT2D eigenvalue weighted by Gasteiger charge is -2.35. The molecule has 1 saturated heterocycles. The summed E-state index contributed by atoms with van der Waals surface area (Å²) in [6.07, 6.45) is 6.35. The topological polar surface area (TPSA) is 84.9 Å². The zero-order chi connectivity index (χ0) is 30.8. The van der Waals surface area contributed by atoms with Crippen LogP contribution < -0.4 is 4.74 Å². The van der Waals surface area contributed by atoms with Gasteiger partial charge in [-0.05, 0) is 74.9 Å². The van der Waals surface area contributed by atoms with E-state index in [9.17, 15) is 14.0 Å². The van der Waals surface area contributed by atoms with E-state index in [0.717, 1.165) is 58.8 Å². The number of aromatic nitrogens is 2. The van der Waals surface area contributed by atoms with Crippen molar-refractivity contribution in [2.24, 2.45) is 5.92 Å². The van der Waals surface area contributed by atoms with Gasteiger partial charge >= 0.3 is 6.09 Å². The molecule has 0 unspecified atom stereocenters. The number of ketones is 1. The molecule has 8 nitrogen and oxygen atoms in total. The van der Waals surface area contributed by atoms with Crippen LogP contribution in [0.25, 0.3) is 20.8 Å². The highest BCUT2D eigenvalue weighted by atomic mass is 32.1. The average molecular weight is 617 g/mol. The van der Waals surface area contributed by atoms with Gasteiger partial charge in [-0.2, -0.15) is 0 Å². The van der Waals surface area contributed by atoms with E-state index in [0.29, 0.717) is 36.7 Å². The number of carbonyl (C=O) groups is 2. The molecule has 0 radical (unpaired) electrons. The highest BCUT2D eigenvalue weighted by molar-refractivity contribution is 7.22. The summed E-state index contributed by atoms with van der Waals surface area (Å²) in [6.45, 7) is 9.19. The van der Waals surface area contributed by atoms with Gasteiger partial charge in [-0.25, -0.2) is 9.18 Å². The Bertz CT molecular complexity index is 1650. The highest BCUT2D eigenvalue weighted by Gasteiger charge is 2.26. The monoisotopic (exact) mass is 616 g/mol. The van der Waals surface area contributed by atoms with E-state index in [4.69, 9.17) is 14.5 Å². The lowest BCUT2D eigenvalue weighted by Crippen LogP contribution is -2.49. The van der Waals surface area contributed by atoms with Crippen molar-refractivity contribution in [3.05, 3.63) is 71.8 Å². The van der Waals surface area contributed by atoms with Crippen LogP contribution in [-0.4, -0.2) is 63.4 Å². The summed E-state index contributed by atoms with van der Waals surface area (Å²) < 4.78 is 27.3. The number of thiophene rings is 1. The van der Waals surface area contributed by atoms with Crippen molar-refractivity contribution in [1.82, 2.24) is 19.8 Å². The molecule has 230 valence electrons. The van der Waals surface area contributed by atoms with Crippen molar-refractivity contribution in [3.63, 3.8) is 0 Å². The third-order valence-corrected chi connectivity index (χ3v) is 8.88. The number of halogens is 1. The summed E-state index contributed by atoms with van der Waals surface area (Å²) in [7, 11) is 0. The maximum Gasteiger partial charge on any atom is 0.410 e. The maximum absolute atomic E-state index is 15.0. The minimum atomic E-state index is -0.497. The molecule has 0 N–H and O–H groups in total. The lowest BCUT2D eigenvalue weighted by atomic mass is 10.0. The number of rotatable bonds is 9. The van der Waals surface area contributed by atoms with Crippen molar-refractivity contribution in [1.29, 1.82) is 0 Å². The summed E-state index contributed by atoms with van der Waals surface area (Å²) in [5, 5.41) is 0. The van der Waals surface area contributed by atoms with Gasteiger partial charge in [-0.15, -0.1) is 11.3 Å². The molecule has 2 fully saturated rings. The Kier molecular flexibility index (Phi) is 8.64. The highest BCUT2D eigenvalue weighted by Crippen LogP contribution is 2.39. The van der Waals surface area contributed by atoms with E-state index in [1.807, 2.05) is 39.1 Å².